The van der Waals surface area contributed by atoms with E-state index in [1.807, 2.05) is 19.1 Å². The lowest BCUT2D eigenvalue weighted by atomic mass is 10.1. The highest BCUT2D eigenvalue weighted by atomic mass is 16.5. The van der Waals surface area contributed by atoms with E-state index < -0.39 is 5.97 Å². The van der Waals surface area contributed by atoms with Crippen molar-refractivity contribution >= 4 is 17.7 Å². The fourth-order valence-electron chi connectivity index (χ4n) is 2.36. The molecule has 1 aromatic carbocycles. The third kappa shape index (κ3) is 5.29. The molecular formula is C19H23N3O4. The van der Waals surface area contributed by atoms with Crippen LogP contribution in [0, 0.1) is 6.92 Å². The molecule has 2 aromatic rings. The fourth-order valence-corrected chi connectivity index (χ4v) is 2.36. The first kappa shape index (κ1) is 19.4. The monoisotopic (exact) mass is 357 g/mol. The maximum Gasteiger partial charge on any atom is 0.337 e. The van der Waals surface area contributed by atoms with E-state index in [-0.39, 0.29) is 6.03 Å². The topological polar surface area (TPSA) is 80.8 Å². The Morgan fingerprint density at radius 3 is 2.69 bits per heavy atom. The second-order valence-electron chi connectivity index (χ2n) is 5.73. The Balaban J connectivity index is 2.16. The molecule has 0 aliphatic rings. The number of anilines is 1. The number of amides is 2. The van der Waals surface area contributed by atoms with Crippen molar-refractivity contribution in [2.24, 2.45) is 0 Å². The molecule has 26 heavy (non-hydrogen) atoms. The molecular weight excluding hydrogens is 334 g/mol. The zero-order chi connectivity index (χ0) is 18.9. The molecule has 0 aliphatic carbocycles. The van der Waals surface area contributed by atoms with Crippen molar-refractivity contribution in [2.75, 3.05) is 32.7 Å². The van der Waals surface area contributed by atoms with Crippen molar-refractivity contribution in [3.05, 3.63) is 59.4 Å². The molecule has 0 bridgehead atoms. The second kappa shape index (κ2) is 9.53. The predicted molar refractivity (Wildman–Crippen MR) is 98.1 cm³/mol. The van der Waals surface area contributed by atoms with Crippen molar-refractivity contribution < 1.29 is 19.1 Å². The van der Waals surface area contributed by atoms with Gasteiger partial charge < -0.3 is 19.7 Å². The predicted octanol–water partition coefficient (Wildman–Crippen LogP) is 2.86. The van der Waals surface area contributed by atoms with Crippen LogP contribution in [-0.2, 0) is 16.0 Å². The molecule has 0 radical (unpaired) electrons. The highest BCUT2D eigenvalue weighted by Gasteiger charge is 2.16. The number of urea groups is 1. The van der Waals surface area contributed by atoms with Crippen molar-refractivity contribution in [1.29, 1.82) is 0 Å². The second-order valence-corrected chi connectivity index (χ2v) is 5.73. The maximum absolute atomic E-state index is 12.7. The maximum atomic E-state index is 12.7. The SMILES string of the molecule is COCCN(Cc1cccnc1)C(=O)Nc1cc(C(=O)OC)ccc1C. The zero-order valence-electron chi connectivity index (χ0n) is 15.2. The van der Waals surface area contributed by atoms with E-state index in [0.29, 0.717) is 30.9 Å². The van der Waals surface area contributed by atoms with Gasteiger partial charge in [-0.3, -0.25) is 4.98 Å². The Morgan fingerprint density at radius 2 is 2.04 bits per heavy atom. The summed E-state index contributed by atoms with van der Waals surface area (Å²) in [5.41, 5.74) is 2.70. The summed E-state index contributed by atoms with van der Waals surface area (Å²) >= 11 is 0. The van der Waals surface area contributed by atoms with Crippen LogP contribution in [0.4, 0.5) is 10.5 Å². The van der Waals surface area contributed by atoms with E-state index in [2.05, 4.69) is 10.3 Å². The van der Waals surface area contributed by atoms with Crippen molar-refractivity contribution in [3.8, 4) is 0 Å². The Bertz CT molecular complexity index is 750. The van der Waals surface area contributed by atoms with E-state index in [0.717, 1.165) is 11.1 Å². The number of carbonyl (C=O) groups is 2. The smallest absolute Gasteiger partial charge is 0.337 e. The summed E-state index contributed by atoms with van der Waals surface area (Å²) in [6.45, 7) is 3.10. The van der Waals surface area contributed by atoms with E-state index in [1.54, 1.807) is 42.6 Å². The number of methoxy groups -OCH3 is 2. The molecule has 0 unspecified atom stereocenters. The molecule has 138 valence electrons. The number of carbonyl (C=O) groups excluding carboxylic acids is 2. The molecule has 0 aliphatic heterocycles. The summed E-state index contributed by atoms with van der Waals surface area (Å²) in [4.78, 5) is 30.2. The zero-order valence-corrected chi connectivity index (χ0v) is 15.2. The van der Waals surface area contributed by atoms with E-state index in [1.165, 1.54) is 7.11 Å². The van der Waals surface area contributed by atoms with Crippen molar-refractivity contribution in [3.63, 3.8) is 0 Å². The number of ether oxygens (including phenoxy) is 2. The molecule has 0 saturated carbocycles. The number of pyridine rings is 1. The molecule has 0 atom stereocenters. The minimum atomic E-state index is -0.452. The summed E-state index contributed by atoms with van der Waals surface area (Å²) < 4.78 is 9.83. The van der Waals surface area contributed by atoms with Crippen LogP contribution < -0.4 is 5.32 Å². The van der Waals surface area contributed by atoms with Crippen LogP contribution in [0.15, 0.2) is 42.7 Å². The number of aryl methyl sites for hydroxylation is 1. The Hall–Kier alpha value is -2.93. The molecule has 1 heterocycles. The molecule has 2 amide bonds. The third-order valence-corrected chi connectivity index (χ3v) is 3.85. The number of hydrogen-bond acceptors (Lipinski definition) is 5. The summed E-state index contributed by atoms with van der Waals surface area (Å²) in [5.74, 6) is -0.452. The molecule has 1 N–H and O–H groups in total. The van der Waals surface area contributed by atoms with Crippen LogP contribution in [0.1, 0.15) is 21.5 Å². The van der Waals surface area contributed by atoms with Gasteiger partial charge in [0.05, 0.1) is 19.3 Å². The van der Waals surface area contributed by atoms with Crippen LogP contribution in [0.2, 0.25) is 0 Å². The van der Waals surface area contributed by atoms with E-state index in [4.69, 9.17) is 9.47 Å². The number of nitrogens with one attached hydrogen (secondary N) is 1. The summed E-state index contributed by atoms with van der Waals surface area (Å²) in [6, 6.07) is 8.49. The average molecular weight is 357 g/mol. The number of aromatic nitrogens is 1. The lowest BCUT2D eigenvalue weighted by Gasteiger charge is -2.23. The quantitative estimate of drug-likeness (QED) is 0.771. The van der Waals surface area contributed by atoms with E-state index >= 15 is 0 Å². The molecule has 7 heteroatoms. The first-order chi connectivity index (χ1) is 12.5. The molecule has 0 fully saturated rings. The lowest BCUT2D eigenvalue weighted by molar-refractivity contribution is 0.0600. The summed E-state index contributed by atoms with van der Waals surface area (Å²) in [6.07, 6.45) is 3.40. The van der Waals surface area contributed by atoms with E-state index in [9.17, 15) is 9.59 Å². The van der Waals surface area contributed by atoms with Gasteiger partial charge in [0.1, 0.15) is 0 Å². The molecule has 7 nitrogen and oxygen atoms in total. The molecule has 0 spiro atoms. The average Bonchev–Trinajstić information content (AvgIpc) is 2.66. The largest absolute Gasteiger partial charge is 0.465 e. The van der Waals surface area contributed by atoms with Gasteiger partial charge in [-0.2, -0.15) is 0 Å². The Morgan fingerprint density at radius 1 is 1.23 bits per heavy atom. The van der Waals surface area contributed by atoms with Gasteiger partial charge in [0.25, 0.3) is 0 Å². The number of nitrogens with zero attached hydrogens (tertiary/aromatic N) is 2. The van der Waals surface area contributed by atoms with Crippen LogP contribution in [0.5, 0.6) is 0 Å². The standard InChI is InChI=1S/C19H23N3O4/c1-14-6-7-16(18(23)26-3)11-17(14)21-19(24)22(9-10-25-2)13-15-5-4-8-20-12-15/h4-8,11-12H,9-10,13H2,1-3H3,(H,21,24). The van der Waals surface area contributed by atoms with Gasteiger partial charge in [0.2, 0.25) is 0 Å². The third-order valence-electron chi connectivity index (χ3n) is 3.85. The van der Waals surface area contributed by atoms with Gasteiger partial charge in [-0.25, -0.2) is 9.59 Å². The summed E-state index contributed by atoms with van der Waals surface area (Å²) in [7, 11) is 2.91. The van der Waals surface area contributed by atoms with Crippen LogP contribution >= 0.6 is 0 Å². The first-order valence-corrected chi connectivity index (χ1v) is 8.18. The number of benzene rings is 1. The van der Waals surface area contributed by atoms with Crippen LogP contribution in [0.25, 0.3) is 0 Å². The Labute approximate surface area is 152 Å². The highest BCUT2D eigenvalue weighted by molar-refractivity contribution is 5.94. The minimum Gasteiger partial charge on any atom is -0.465 e. The molecule has 2 rings (SSSR count). The van der Waals surface area contributed by atoms with Gasteiger partial charge in [-0.15, -0.1) is 0 Å². The molecule has 1 aromatic heterocycles. The van der Waals surface area contributed by atoms with Gasteiger partial charge >= 0.3 is 12.0 Å². The molecule has 0 saturated heterocycles. The first-order valence-electron chi connectivity index (χ1n) is 8.18. The van der Waals surface area contributed by atoms with Crippen LogP contribution in [0.3, 0.4) is 0 Å². The Kier molecular flexibility index (Phi) is 7.11. The lowest BCUT2D eigenvalue weighted by Crippen LogP contribution is -2.37. The number of esters is 1. The van der Waals surface area contributed by atoms with Crippen molar-refractivity contribution in [1.82, 2.24) is 9.88 Å². The van der Waals surface area contributed by atoms with Gasteiger partial charge in [-0.05, 0) is 36.2 Å². The minimum absolute atomic E-state index is 0.281. The number of hydrogen-bond donors (Lipinski definition) is 1. The van der Waals surface area contributed by atoms with Gasteiger partial charge in [-0.1, -0.05) is 12.1 Å². The van der Waals surface area contributed by atoms with Crippen molar-refractivity contribution in [2.45, 2.75) is 13.5 Å². The normalized spacial score (nSPS) is 10.3. The highest BCUT2D eigenvalue weighted by Crippen LogP contribution is 2.18. The fraction of sp³-hybridized carbons (Fsp3) is 0.316. The van der Waals surface area contributed by atoms with Gasteiger partial charge in [0, 0.05) is 38.3 Å². The van der Waals surface area contributed by atoms with Gasteiger partial charge in [0.15, 0.2) is 0 Å². The summed E-state index contributed by atoms with van der Waals surface area (Å²) in [5, 5.41) is 2.86. The van der Waals surface area contributed by atoms with Crippen LogP contribution in [-0.4, -0.2) is 49.3 Å². The number of rotatable bonds is 7.